The van der Waals surface area contributed by atoms with Crippen molar-refractivity contribution < 1.29 is 19.2 Å². The van der Waals surface area contributed by atoms with Gasteiger partial charge in [-0.1, -0.05) is 23.4 Å². The monoisotopic (exact) mass is 411 g/mol. The zero-order chi connectivity index (χ0) is 20.0. The van der Waals surface area contributed by atoms with Crippen LogP contribution in [-0.4, -0.2) is 39.1 Å². The molecule has 2 rings (SSSR count). The lowest BCUT2D eigenvalue weighted by atomic mass is 10.3. The lowest BCUT2D eigenvalue weighted by Gasteiger charge is -2.08. The molecule has 0 aliphatic carbocycles. The van der Waals surface area contributed by atoms with E-state index in [0.717, 1.165) is 17.8 Å². The number of nitrogens with zero attached hydrogens (tertiary/aromatic N) is 3. The van der Waals surface area contributed by atoms with Gasteiger partial charge < -0.3 is 15.8 Å². The van der Waals surface area contributed by atoms with Gasteiger partial charge in [0.1, 0.15) is 11.4 Å². The van der Waals surface area contributed by atoms with Crippen LogP contribution in [0.1, 0.15) is 17.3 Å². The molecule has 0 aliphatic heterocycles. The second-order valence-corrected chi connectivity index (χ2v) is 6.28. The zero-order valence-corrected chi connectivity index (χ0v) is 15.5. The summed E-state index contributed by atoms with van der Waals surface area (Å²) in [5.41, 5.74) is 5.66. The van der Waals surface area contributed by atoms with Gasteiger partial charge in [0, 0.05) is 18.3 Å². The number of esters is 1. The minimum absolute atomic E-state index is 0.0361. The van der Waals surface area contributed by atoms with E-state index in [9.17, 15) is 19.7 Å². The molecular formula is C15H14ClN5O5S. The molecule has 0 unspecified atom stereocenters. The number of nitro groups is 1. The fraction of sp³-hybridized carbons (Fsp3) is 0.200. The van der Waals surface area contributed by atoms with Crippen molar-refractivity contribution >= 4 is 52.4 Å². The van der Waals surface area contributed by atoms with Crippen molar-refractivity contribution in [2.24, 2.45) is 0 Å². The van der Waals surface area contributed by atoms with Crippen LogP contribution in [0.2, 0.25) is 5.02 Å². The lowest BCUT2D eigenvalue weighted by Crippen LogP contribution is -2.15. The molecule has 0 saturated carbocycles. The van der Waals surface area contributed by atoms with Gasteiger partial charge in [0.05, 0.1) is 28.0 Å². The first-order valence-electron chi connectivity index (χ1n) is 7.48. The average molecular weight is 412 g/mol. The number of halogens is 1. The first-order chi connectivity index (χ1) is 12.8. The van der Waals surface area contributed by atoms with Crippen LogP contribution in [0.15, 0.2) is 29.6 Å². The van der Waals surface area contributed by atoms with Gasteiger partial charge >= 0.3 is 5.97 Å². The Morgan fingerprint density at radius 1 is 1.44 bits per heavy atom. The predicted octanol–water partition coefficient (Wildman–Crippen LogP) is 2.53. The summed E-state index contributed by atoms with van der Waals surface area (Å²) in [6.45, 7) is 1.85. The Morgan fingerprint density at radius 3 is 2.81 bits per heavy atom. The number of non-ortho nitro benzene ring substituents is 1. The van der Waals surface area contributed by atoms with E-state index in [2.05, 4.69) is 15.3 Å². The Morgan fingerprint density at radius 2 is 2.19 bits per heavy atom. The highest BCUT2D eigenvalue weighted by molar-refractivity contribution is 7.99. The third-order valence-corrected chi connectivity index (χ3v) is 4.25. The highest BCUT2D eigenvalue weighted by Gasteiger charge is 2.16. The molecule has 3 N–H and O–H groups in total. The number of carbonyl (C=O) groups excluding carboxylic acids is 2. The Hall–Kier alpha value is -2.92. The van der Waals surface area contributed by atoms with Gasteiger partial charge in [-0.2, -0.15) is 0 Å². The fourth-order valence-electron chi connectivity index (χ4n) is 1.85. The number of hydrogen-bond acceptors (Lipinski definition) is 9. The number of nitrogen functional groups attached to an aromatic ring is 1. The van der Waals surface area contributed by atoms with Crippen LogP contribution < -0.4 is 11.1 Å². The molecule has 1 heterocycles. The van der Waals surface area contributed by atoms with Crippen molar-refractivity contribution in [3.8, 4) is 0 Å². The van der Waals surface area contributed by atoms with Gasteiger partial charge in [0.15, 0.2) is 5.16 Å². The van der Waals surface area contributed by atoms with E-state index in [1.807, 2.05) is 0 Å². The Kier molecular flexibility index (Phi) is 6.91. The standard InChI is InChI=1S/C15H14ClN5O5S/c1-2-26-14(23)9-6-18-15(20-13(9)17)27-7-12(22)19-11-5-8(21(24)25)3-4-10(11)16/h3-6H,2,7H2,1H3,(H,19,22)(H2,17,18,20). The summed E-state index contributed by atoms with van der Waals surface area (Å²) in [4.78, 5) is 41.8. The topological polar surface area (TPSA) is 150 Å². The number of hydrogen-bond donors (Lipinski definition) is 2. The number of thioether (sulfide) groups is 1. The van der Waals surface area contributed by atoms with Crippen LogP contribution in [0.5, 0.6) is 0 Å². The number of nitrogens with one attached hydrogen (secondary N) is 1. The second-order valence-electron chi connectivity index (χ2n) is 4.93. The molecule has 1 aromatic carbocycles. The summed E-state index contributed by atoms with van der Waals surface area (Å²) in [5.74, 6) is -1.27. The van der Waals surface area contributed by atoms with Crippen LogP contribution >= 0.6 is 23.4 Å². The maximum atomic E-state index is 12.0. The molecule has 0 saturated heterocycles. The summed E-state index contributed by atoms with van der Waals surface area (Å²) in [5, 5.41) is 13.6. The summed E-state index contributed by atoms with van der Waals surface area (Å²) < 4.78 is 4.82. The van der Waals surface area contributed by atoms with Crippen molar-refractivity contribution in [3.63, 3.8) is 0 Å². The summed E-state index contributed by atoms with van der Waals surface area (Å²) >= 11 is 6.90. The van der Waals surface area contributed by atoms with Gasteiger partial charge in [0.2, 0.25) is 5.91 Å². The number of benzene rings is 1. The van der Waals surface area contributed by atoms with Crippen molar-refractivity contribution in [3.05, 3.63) is 45.1 Å². The van der Waals surface area contributed by atoms with Gasteiger partial charge in [-0.25, -0.2) is 14.8 Å². The highest BCUT2D eigenvalue weighted by Crippen LogP contribution is 2.27. The van der Waals surface area contributed by atoms with E-state index < -0.39 is 16.8 Å². The molecule has 1 amide bonds. The van der Waals surface area contributed by atoms with Crippen molar-refractivity contribution in [2.75, 3.05) is 23.4 Å². The van der Waals surface area contributed by atoms with Crippen LogP contribution in [0.4, 0.5) is 17.2 Å². The molecule has 0 radical (unpaired) electrons. The molecule has 0 spiro atoms. The molecule has 142 valence electrons. The number of anilines is 2. The maximum absolute atomic E-state index is 12.0. The average Bonchev–Trinajstić information content (AvgIpc) is 2.61. The minimum Gasteiger partial charge on any atom is -0.462 e. The molecule has 0 fully saturated rings. The van der Waals surface area contributed by atoms with Crippen LogP contribution in [0.3, 0.4) is 0 Å². The SMILES string of the molecule is CCOC(=O)c1cnc(SCC(=O)Nc2cc([N+](=O)[O-])ccc2Cl)nc1N. The molecule has 12 heteroatoms. The fourth-order valence-corrected chi connectivity index (χ4v) is 2.64. The number of nitrogens with two attached hydrogens (primary N) is 1. The number of ether oxygens (including phenoxy) is 1. The maximum Gasteiger partial charge on any atom is 0.343 e. The third-order valence-electron chi connectivity index (χ3n) is 3.06. The summed E-state index contributed by atoms with van der Waals surface area (Å²) in [6, 6.07) is 3.71. The number of rotatable bonds is 7. The number of aromatic nitrogens is 2. The van der Waals surface area contributed by atoms with E-state index in [4.69, 9.17) is 22.1 Å². The molecule has 0 bridgehead atoms. The molecular weight excluding hydrogens is 398 g/mol. The number of nitro benzene ring substituents is 1. The molecule has 10 nitrogen and oxygen atoms in total. The van der Waals surface area contributed by atoms with E-state index in [0.29, 0.717) is 0 Å². The van der Waals surface area contributed by atoms with E-state index in [1.165, 1.54) is 18.3 Å². The summed E-state index contributed by atoms with van der Waals surface area (Å²) in [6.07, 6.45) is 1.22. The quantitative estimate of drug-likeness (QED) is 0.230. The Bertz CT molecular complexity index is 895. The van der Waals surface area contributed by atoms with Gasteiger partial charge in [0.25, 0.3) is 5.69 Å². The van der Waals surface area contributed by atoms with Gasteiger partial charge in [-0.15, -0.1) is 0 Å². The second kappa shape index (κ2) is 9.14. The largest absolute Gasteiger partial charge is 0.462 e. The first kappa shape index (κ1) is 20.4. The van der Waals surface area contributed by atoms with Gasteiger partial charge in [-0.05, 0) is 13.0 Å². The van der Waals surface area contributed by atoms with Crippen molar-refractivity contribution in [1.82, 2.24) is 9.97 Å². The van der Waals surface area contributed by atoms with E-state index >= 15 is 0 Å². The number of carbonyl (C=O) groups is 2. The molecule has 27 heavy (non-hydrogen) atoms. The Balaban J connectivity index is 2.00. The third kappa shape index (κ3) is 5.53. The van der Waals surface area contributed by atoms with E-state index in [-0.39, 0.29) is 45.3 Å². The van der Waals surface area contributed by atoms with Gasteiger partial charge in [-0.3, -0.25) is 14.9 Å². The zero-order valence-electron chi connectivity index (χ0n) is 14.0. The van der Waals surface area contributed by atoms with Crippen LogP contribution in [0.25, 0.3) is 0 Å². The van der Waals surface area contributed by atoms with Crippen molar-refractivity contribution in [1.29, 1.82) is 0 Å². The lowest BCUT2D eigenvalue weighted by molar-refractivity contribution is -0.384. The first-order valence-corrected chi connectivity index (χ1v) is 8.84. The molecule has 1 aromatic heterocycles. The highest BCUT2D eigenvalue weighted by atomic mass is 35.5. The van der Waals surface area contributed by atoms with Crippen molar-refractivity contribution in [2.45, 2.75) is 12.1 Å². The summed E-state index contributed by atoms with van der Waals surface area (Å²) in [7, 11) is 0. The predicted molar refractivity (Wildman–Crippen MR) is 99.9 cm³/mol. The number of amides is 1. The van der Waals surface area contributed by atoms with E-state index in [1.54, 1.807) is 6.92 Å². The Labute approximate surface area is 162 Å². The molecule has 0 atom stereocenters. The molecule has 0 aliphatic rings. The molecule has 2 aromatic rings. The van der Waals surface area contributed by atoms with Crippen LogP contribution in [0, 0.1) is 10.1 Å². The minimum atomic E-state index is -0.635. The smallest absolute Gasteiger partial charge is 0.343 e. The van der Waals surface area contributed by atoms with Crippen LogP contribution in [-0.2, 0) is 9.53 Å². The normalized spacial score (nSPS) is 10.3.